The molecule has 3 aromatic carbocycles. The van der Waals surface area contributed by atoms with E-state index in [4.69, 9.17) is 0 Å². The highest BCUT2D eigenvalue weighted by atomic mass is 15.0. The molecule has 0 amide bonds. The first-order valence-electron chi connectivity index (χ1n) is 8.41. The van der Waals surface area contributed by atoms with Crippen LogP contribution >= 0.6 is 0 Å². The van der Waals surface area contributed by atoms with E-state index in [9.17, 15) is 0 Å². The Hall–Kier alpha value is -2.87. The lowest BCUT2D eigenvalue weighted by atomic mass is 9.99. The van der Waals surface area contributed by atoms with Crippen LogP contribution in [0.25, 0.3) is 21.8 Å². The van der Waals surface area contributed by atoms with Gasteiger partial charge in [-0.25, -0.2) is 0 Å². The lowest BCUT2D eigenvalue weighted by molar-refractivity contribution is -0.401. The van der Waals surface area contributed by atoms with Crippen molar-refractivity contribution in [3.8, 4) is 0 Å². The normalized spacial score (nSPS) is 13.9. The zero-order valence-electron chi connectivity index (χ0n) is 13.9. The predicted octanol–water partition coefficient (Wildman–Crippen LogP) is 4.95. The third-order valence-electron chi connectivity index (χ3n) is 5.29. The second-order valence-electron chi connectivity index (χ2n) is 6.69. The topological polar surface area (TPSA) is 18.8 Å². The number of nitrogens with one attached hydrogen (secondary N) is 1. The second-order valence-corrected chi connectivity index (χ2v) is 6.69. The lowest BCUT2D eigenvalue weighted by Crippen LogP contribution is -2.11. The van der Waals surface area contributed by atoms with Gasteiger partial charge in [0.1, 0.15) is 7.05 Å². The fourth-order valence-corrected chi connectivity index (χ4v) is 4.00. The Labute approximate surface area is 141 Å². The van der Waals surface area contributed by atoms with Crippen LogP contribution in [0.15, 0.2) is 60.7 Å². The molecular weight excluding hydrogens is 292 g/mol. The smallest absolute Gasteiger partial charge is 0.209 e. The van der Waals surface area contributed by atoms with Crippen LogP contribution < -0.4 is 0 Å². The van der Waals surface area contributed by atoms with Gasteiger partial charge in [-0.1, -0.05) is 36.4 Å². The van der Waals surface area contributed by atoms with Crippen LogP contribution in [-0.4, -0.2) is 22.3 Å². The third-order valence-corrected chi connectivity index (χ3v) is 5.29. The zero-order chi connectivity index (χ0) is 16.3. The Balaban J connectivity index is 1.75. The van der Waals surface area contributed by atoms with Crippen molar-refractivity contribution < 1.29 is 4.58 Å². The summed E-state index contributed by atoms with van der Waals surface area (Å²) in [7, 11) is 2.19. The highest BCUT2D eigenvalue weighted by Crippen LogP contribution is 2.35. The van der Waals surface area contributed by atoms with Crippen molar-refractivity contribution >= 4 is 33.2 Å². The summed E-state index contributed by atoms with van der Waals surface area (Å²) < 4.78 is 2.36. The quantitative estimate of drug-likeness (QED) is 0.480. The SMILES string of the molecule is Cc1ccccc1C1=[N+](C)c2cc3c(cc2C1)[nH]c1ccccc13. The minimum absolute atomic E-state index is 0.988. The van der Waals surface area contributed by atoms with Crippen LogP contribution in [0.5, 0.6) is 0 Å². The maximum atomic E-state index is 3.56. The number of aromatic nitrogens is 1. The van der Waals surface area contributed by atoms with E-state index in [1.54, 1.807) is 0 Å². The maximum Gasteiger partial charge on any atom is 0.209 e. The summed E-state index contributed by atoms with van der Waals surface area (Å²) in [5.74, 6) is 0. The largest absolute Gasteiger partial charge is 0.354 e. The van der Waals surface area contributed by atoms with Crippen molar-refractivity contribution in [3.05, 3.63) is 77.4 Å². The van der Waals surface area contributed by atoms with E-state index >= 15 is 0 Å². The van der Waals surface area contributed by atoms with Gasteiger partial charge in [0.25, 0.3) is 0 Å². The summed E-state index contributed by atoms with van der Waals surface area (Å²) in [6, 6.07) is 21.9. The molecule has 0 spiro atoms. The number of rotatable bonds is 1. The number of aryl methyl sites for hydroxylation is 1. The summed E-state index contributed by atoms with van der Waals surface area (Å²) in [5.41, 5.74) is 9.24. The number of hydrogen-bond acceptors (Lipinski definition) is 0. The summed E-state index contributed by atoms with van der Waals surface area (Å²) in [6.07, 6.45) is 0.988. The molecule has 1 N–H and O–H groups in total. The summed E-state index contributed by atoms with van der Waals surface area (Å²) in [5, 5.41) is 2.61. The van der Waals surface area contributed by atoms with Gasteiger partial charge in [0.15, 0.2) is 5.71 Å². The average molecular weight is 311 g/mol. The zero-order valence-corrected chi connectivity index (χ0v) is 13.9. The Bertz CT molecular complexity index is 1150. The van der Waals surface area contributed by atoms with Crippen molar-refractivity contribution in [3.63, 3.8) is 0 Å². The Morgan fingerprint density at radius 3 is 2.54 bits per heavy atom. The van der Waals surface area contributed by atoms with E-state index in [2.05, 4.69) is 84.2 Å². The van der Waals surface area contributed by atoms with Gasteiger partial charge in [-0.05, 0) is 30.7 Å². The molecule has 0 radical (unpaired) electrons. The molecule has 2 heterocycles. The monoisotopic (exact) mass is 311 g/mol. The molecular formula is C22H19N2+. The lowest BCUT2D eigenvalue weighted by Gasteiger charge is -2.02. The summed E-state index contributed by atoms with van der Waals surface area (Å²) in [6.45, 7) is 2.19. The van der Waals surface area contributed by atoms with Crippen LogP contribution in [0.3, 0.4) is 0 Å². The van der Waals surface area contributed by atoms with Crippen LogP contribution in [0, 0.1) is 6.92 Å². The standard InChI is InChI=1S/C22H19N2/c1-14-7-3-4-8-16(14)22-12-15-11-20-18(13-21(15)24(22)2)17-9-5-6-10-19(17)23-20/h3-11,13,23H,12H2,1-2H3/q+1. The molecule has 0 unspecified atom stereocenters. The maximum absolute atomic E-state index is 3.56. The molecule has 0 saturated carbocycles. The van der Waals surface area contributed by atoms with E-state index in [0.717, 1.165) is 6.42 Å². The summed E-state index contributed by atoms with van der Waals surface area (Å²) in [4.78, 5) is 3.56. The van der Waals surface area contributed by atoms with Gasteiger partial charge in [-0.3, -0.25) is 0 Å². The molecule has 1 aliphatic heterocycles. The van der Waals surface area contributed by atoms with E-state index in [1.807, 2.05) is 0 Å². The van der Waals surface area contributed by atoms with Gasteiger partial charge in [0, 0.05) is 39.0 Å². The van der Waals surface area contributed by atoms with Gasteiger partial charge in [-0.2, -0.15) is 4.58 Å². The number of H-pyrrole nitrogens is 1. The summed E-state index contributed by atoms with van der Waals surface area (Å²) >= 11 is 0. The van der Waals surface area contributed by atoms with Crippen LogP contribution in [-0.2, 0) is 6.42 Å². The molecule has 5 rings (SSSR count). The van der Waals surface area contributed by atoms with Gasteiger partial charge in [0.2, 0.25) is 5.69 Å². The Kier molecular flexibility index (Phi) is 2.72. The number of hydrogen-bond donors (Lipinski definition) is 1. The number of nitrogens with zero attached hydrogens (tertiary/aromatic N) is 1. The number of benzene rings is 3. The minimum atomic E-state index is 0.988. The van der Waals surface area contributed by atoms with Gasteiger partial charge < -0.3 is 4.98 Å². The third kappa shape index (κ3) is 1.80. The van der Waals surface area contributed by atoms with E-state index in [-0.39, 0.29) is 0 Å². The Morgan fingerprint density at radius 2 is 1.67 bits per heavy atom. The molecule has 2 nitrogen and oxygen atoms in total. The molecule has 0 fully saturated rings. The molecule has 2 heteroatoms. The number of para-hydroxylation sites is 1. The average Bonchev–Trinajstić information content (AvgIpc) is 3.11. The van der Waals surface area contributed by atoms with Crippen molar-refractivity contribution in [2.45, 2.75) is 13.3 Å². The second kappa shape index (κ2) is 4.81. The molecule has 0 saturated heterocycles. The van der Waals surface area contributed by atoms with E-state index in [1.165, 1.54) is 49.9 Å². The Morgan fingerprint density at radius 1 is 0.875 bits per heavy atom. The molecule has 1 aliphatic rings. The molecule has 0 aliphatic carbocycles. The van der Waals surface area contributed by atoms with Gasteiger partial charge in [-0.15, -0.1) is 0 Å². The molecule has 4 aromatic rings. The number of aromatic amines is 1. The highest BCUT2D eigenvalue weighted by Gasteiger charge is 2.29. The van der Waals surface area contributed by atoms with Gasteiger partial charge >= 0.3 is 0 Å². The minimum Gasteiger partial charge on any atom is -0.354 e. The molecule has 1 aromatic heterocycles. The van der Waals surface area contributed by atoms with Crippen molar-refractivity contribution in [1.82, 2.24) is 4.98 Å². The fourth-order valence-electron chi connectivity index (χ4n) is 4.00. The first kappa shape index (κ1) is 13.6. The van der Waals surface area contributed by atoms with Crippen molar-refractivity contribution in [2.75, 3.05) is 7.05 Å². The molecule has 116 valence electrons. The van der Waals surface area contributed by atoms with Crippen molar-refractivity contribution in [1.29, 1.82) is 0 Å². The first-order chi connectivity index (χ1) is 11.7. The van der Waals surface area contributed by atoms with Crippen molar-refractivity contribution in [2.24, 2.45) is 0 Å². The van der Waals surface area contributed by atoms with Crippen LogP contribution in [0.1, 0.15) is 16.7 Å². The fraction of sp³-hybridized carbons (Fsp3) is 0.136. The van der Waals surface area contributed by atoms with E-state index < -0.39 is 0 Å². The van der Waals surface area contributed by atoms with Crippen LogP contribution in [0.2, 0.25) is 0 Å². The van der Waals surface area contributed by atoms with Crippen LogP contribution in [0.4, 0.5) is 5.69 Å². The predicted molar refractivity (Wildman–Crippen MR) is 101 cm³/mol. The molecule has 0 atom stereocenters. The highest BCUT2D eigenvalue weighted by molar-refractivity contribution is 6.10. The first-order valence-corrected chi connectivity index (χ1v) is 8.41. The number of fused-ring (bicyclic) bond motifs is 4. The molecule has 24 heavy (non-hydrogen) atoms. The van der Waals surface area contributed by atoms with Gasteiger partial charge in [0.05, 0.1) is 6.42 Å². The molecule has 0 bridgehead atoms. The van der Waals surface area contributed by atoms with E-state index in [0.29, 0.717) is 0 Å².